The van der Waals surface area contributed by atoms with Crippen LogP contribution in [0.5, 0.6) is 0 Å². The zero-order valence-corrected chi connectivity index (χ0v) is 8.77. The molecule has 0 amide bonds. The highest BCUT2D eigenvalue weighted by Crippen LogP contribution is 2.55. The summed E-state index contributed by atoms with van der Waals surface area (Å²) in [6.07, 6.45) is 7.85. The highest BCUT2D eigenvalue weighted by Gasteiger charge is 2.66. The Hall–Kier alpha value is -1.58. The van der Waals surface area contributed by atoms with E-state index in [0.717, 1.165) is 0 Å². The first kappa shape index (κ1) is 9.63. The van der Waals surface area contributed by atoms with Crippen LogP contribution in [0.1, 0.15) is 12.8 Å². The molecule has 1 atom stereocenters. The zero-order valence-electron chi connectivity index (χ0n) is 8.77. The molecule has 2 aliphatic heterocycles. The van der Waals surface area contributed by atoms with E-state index in [-0.39, 0.29) is 25.0 Å². The van der Waals surface area contributed by atoms with E-state index in [0.29, 0.717) is 12.8 Å². The summed E-state index contributed by atoms with van der Waals surface area (Å²) in [7, 11) is 0. The number of cyclic esters (lactones) is 1. The van der Waals surface area contributed by atoms with Gasteiger partial charge in [0.2, 0.25) is 0 Å². The van der Waals surface area contributed by atoms with Gasteiger partial charge in [-0.2, -0.15) is 0 Å². The monoisotopic (exact) mass is 220 g/mol. The minimum absolute atomic E-state index is 0.0479. The Labute approximate surface area is 92.9 Å². The normalized spacial score (nSPS) is 34.8. The Morgan fingerprint density at radius 2 is 1.81 bits per heavy atom. The van der Waals surface area contributed by atoms with Gasteiger partial charge in [0.15, 0.2) is 5.78 Å². The molecule has 2 heterocycles. The summed E-state index contributed by atoms with van der Waals surface area (Å²) in [5.41, 5.74) is -1.52. The molecule has 0 saturated carbocycles. The van der Waals surface area contributed by atoms with Crippen molar-refractivity contribution in [3.63, 3.8) is 0 Å². The van der Waals surface area contributed by atoms with Crippen molar-refractivity contribution in [1.82, 2.24) is 0 Å². The molecule has 0 radical (unpaired) electrons. The van der Waals surface area contributed by atoms with Crippen molar-refractivity contribution < 1.29 is 19.1 Å². The van der Waals surface area contributed by atoms with Gasteiger partial charge in [-0.25, -0.2) is 0 Å². The highest BCUT2D eigenvalue weighted by molar-refractivity contribution is 6.02. The van der Waals surface area contributed by atoms with E-state index >= 15 is 0 Å². The van der Waals surface area contributed by atoms with Crippen molar-refractivity contribution in [2.45, 2.75) is 12.8 Å². The second kappa shape index (κ2) is 2.97. The molecule has 16 heavy (non-hydrogen) atoms. The average Bonchev–Trinajstić information content (AvgIpc) is 2.87. The van der Waals surface area contributed by atoms with Gasteiger partial charge in [-0.1, -0.05) is 12.2 Å². The van der Waals surface area contributed by atoms with Gasteiger partial charge in [0, 0.05) is 6.08 Å². The van der Waals surface area contributed by atoms with Gasteiger partial charge in [0.05, 0.1) is 11.7 Å². The molecule has 0 aromatic carbocycles. The number of carbonyl (C=O) groups excluding carboxylic acids is 2. The molecule has 0 bridgehead atoms. The largest absolute Gasteiger partial charge is 0.500 e. The van der Waals surface area contributed by atoms with Crippen molar-refractivity contribution in [1.29, 1.82) is 0 Å². The van der Waals surface area contributed by atoms with Crippen LogP contribution in [0.15, 0.2) is 24.5 Å². The van der Waals surface area contributed by atoms with Crippen LogP contribution in [-0.2, 0) is 19.1 Å². The van der Waals surface area contributed by atoms with Crippen LogP contribution in [0.4, 0.5) is 0 Å². The maximum atomic E-state index is 12.1. The summed E-state index contributed by atoms with van der Waals surface area (Å²) in [6, 6.07) is 0. The van der Waals surface area contributed by atoms with Crippen molar-refractivity contribution in [2.24, 2.45) is 10.8 Å². The van der Waals surface area contributed by atoms with E-state index in [9.17, 15) is 9.59 Å². The molecule has 2 spiro atoms. The predicted molar refractivity (Wildman–Crippen MR) is 54.3 cm³/mol. The average molecular weight is 220 g/mol. The van der Waals surface area contributed by atoms with Gasteiger partial charge >= 0.3 is 5.97 Å². The van der Waals surface area contributed by atoms with E-state index in [1.54, 1.807) is 0 Å². The Bertz CT molecular complexity index is 409. The van der Waals surface area contributed by atoms with Crippen LogP contribution >= 0.6 is 0 Å². The maximum Gasteiger partial charge on any atom is 0.314 e. The van der Waals surface area contributed by atoms with Crippen LogP contribution in [-0.4, -0.2) is 25.0 Å². The van der Waals surface area contributed by atoms with Crippen LogP contribution in [0.25, 0.3) is 0 Å². The number of rotatable bonds is 0. The second-order valence-electron chi connectivity index (χ2n) is 4.60. The summed E-state index contributed by atoms with van der Waals surface area (Å²) in [5, 5.41) is 0. The molecular formula is C12H12O4. The molecule has 1 aliphatic carbocycles. The number of hydrogen-bond donors (Lipinski definition) is 0. The highest BCUT2D eigenvalue weighted by atomic mass is 16.5. The third kappa shape index (κ3) is 0.900. The molecule has 0 aromatic heterocycles. The Balaban J connectivity index is 2.10. The van der Waals surface area contributed by atoms with Crippen LogP contribution in [0, 0.1) is 10.8 Å². The number of carbonyl (C=O) groups is 2. The van der Waals surface area contributed by atoms with Crippen molar-refractivity contribution >= 4 is 11.8 Å². The van der Waals surface area contributed by atoms with E-state index in [1.807, 2.05) is 12.2 Å². The lowest BCUT2D eigenvalue weighted by atomic mass is 9.61. The fraction of sp³-hybridized carbons (Fsp3) is 0.500. The minimum atomic E-state index is -0.803. The van der Waals surface area contributed by atoms with E-state index < -0.39 is 10.8 Å². The zero-order chi connectivity index (χ0) is 11.2. The standard InChI is InChI=1S/C12H12O4/c13-9-3-6-15-7-12(9)8-16-10(14)11(12)4-1-2-5-11/h1-3,6H,4-5,7-8H2. The summed E-state index contributed by atoms with van der Waals surface area (Å²) >= 11 is 0. The third-order valence-corrected chi connectivity index (χ3v) is 3.97. The molecule has 4 nitrogen and oxygen atoms in total. The van der Waals surface area contributed by atoms with Gasteiger partial charge in [0.25, 0.3) is 0 Å². The molecule has 84 valence electrons. The van der Waals surface area contributed by atoms with Gasteiger partial charge in [-0.3, -0.25) is 9.59 Å². The molecule has 3 aliphatic rings. The first-order valence-corrected chi connectivity index (χ1v) is 5.36. The molecule has 1 saturated heterocycles. The lowest BCUT2D eigenvalue weighted by molar-refractivity contribution is -0.149. The summed E-state index contributed by atoms with van der Waals surface area (Å²) in [4.78, 5) is 24.0. The fourth-order valence-electron chi connectivity index (χ4n) is 2.89. The molecule has 0 N–H and O–H groups in total. The fourth-order valence-corrected chi connectivity index (χ4v) is 2.89. The summed E-state index contributed by atoms with van der Waals surface area (Å²) in [5.74, 6) is -0.307. The quantitative estimate of drug-likeness (QED) is 0.451. The molecule has 3 rings (SSSR count). The summed E-state index contributed by atoms with van der Waals surface area (Å²) < 4.78 is 10.4. The number of allylic oxidation sites excluding steroid dienone is 3. The molecule has 1 fully saturated rings. The van der Waals surface area contributed by atoms with Crippen molar-refractivity contribution in [3.8, 4) is 0 Å². The molecule has 0 aromatic rings. The Kier molecular flexibility index (Phi) is 1.79. The molecule has 1 unspecified atom stereocenters. The number of ether oxygens (including phenoxy) is 2. The Morgan fingerprint density at radius 3 is 2.50 bits per heavy atom. The molecular weight excluding hydrogens is 208 g/mol. The number of hydrogen-bond acceptors (Lipinski definition) is 4. The minimum Gasteiger partial charge on any atom is -0.500 e. The van der Waals surface area contributed by atoms with Gasteiger partial charge in [-0.05, 0) is 12.8 Å². The van der Waals surface area contributed by atoms with Crippen LogP contribution in [0.3, 0.4) is 0 Å². The summed E-state index contributed by atoms with van der Waals surface area (Å²) in [6.45, 7) is 0.395. The Morgan fingerprint density at radius 1 is 1.06 bits per heavy atom. The lowest BCUT2D eigenvalue weighted by Gasteiger charge is -2.38. The van der Waals surface area contributed by atoms with E-state index in [4.69, 9.17) is 9.47 Å². The van der Waals surface area contributed by atoms with Gasteiger partial charge < -0.3 is 9.47 Å². The van der Waals surface area contributed by atoms with Crippen LogP contribution in [0.2, 0.25) is 0 Å². The number of esters is 1. The first-order chi connectivity index (χ1) is 7.71. The number of fused-ring (bicyclic) bond motifs is 1. The van der Waals surface area contributed by atoms with Crippen molar-refractivity contribution in [3.05, 3.63) is 24.5 Å². The van der Waals surface area contributed by atoms with E-state index in [2.05, 4.69) is 0 Å². The lowest BCUT2D eigenvalue weighted by Crippen LogP contribution is -2.51. The SMILES string of the molecule is O=C1C=COCC12COC(=O)C21CC=CC1. The van der Waals surface area contributed by atoms with Crippen molar-refractivity contribution in [2.75, 3.05) is 13.2 Å². The third-order valence-electron chi connectivity index (χ3n) is 3.97. The first-order valence-electron chi connectivity index (χ1n) is 5.36. The second-order valence-corrected chi connectivity index (χ2v) is 4.60. The van der Waals surface area contributed by atoms with Gasteiger partial charge in [-0.15, -0.1) is 0 Å². The maximum absolute atomic E-state index is 12.1. The smallest absolute Gasteiger partial charge is 0.314 e. The number of ketones is 1. The molecule has 4 heteroatoms. The van der Waals surface area contributed by atoms with Crippen LogP contribution < -0.4 is 0 Å². The van der Waals surface area contributed by atoms with E-state index in [1.165, 1.54) is 12.3 Å². The topological polar surface area (TPSA) is 52.6 Å². The predicted octanol–water partition coefficient (Wildman–Crippen LogP) is 0.979. The van der Waals surface area contributed by atoms with Gasteiger partial charge in [0.1, 0.15) is 18.6 Å².